The van der Waals surface area contributed by atoms with E-state index in [1.165, 1.54) is 0 Å². The average Bonchev–Trinajstić information content (AvgIpc) is 2.25. The Morgan fingerprint density at radius 2 is 1.95 bits per heavy atom. The van der Waals surface area contributed by atoms with E-state index in [0.717, 1.165) is 12.8 Å². The fourth-order valence-corrected chi connectivity index (χ4v) is 2.54. The zero-order chi connectivity index (χ0) is 14.4. The Kier molecular flexibility index (Phi) is 6.75. The molecule has 5 nitrogen and oxygen atoms in total. The predicted molar refractivity (Wildman–Crippen MR) is 74.9 cm³/mol. The maximum Gasteiger partial charge on any atom is 0.234 e. The maximum atomic E-state index is 11.3. The topological polar surface area (TPSA) is 73.6 Å². The van der Waals surface area contributed by atoms with Crippen LogP contribution in [0.2, 0.25) is 0 Å². The molecule has 0 bridgehead atoms. The lowest BCUT2D eigenvalue weighted by atomic mass is 10.0. The molecule has 112 valence electrons. The standard InChI is InChI=1S/C14H28N2O3/c1-9(2)16-13(14(15)17)5-6-18-12-7-10(3)19-11(4)8-12/h9-13,16H,5-8H2,1-4H3,(H2,15,17). The third-order valence-electron chi connectivity index (χ3n) is 3.29. The molecule has 5 heteroatoms. The van der Waals surface area contributed by atoms with Crippen molar-refractivity contribution >= 4 is 5.91 Å². The molecule has 0 aromatic rings. The van der Waals surface area contributed by atoms with Gasteiger partial charge >= 0.3 is 0 Å². The van der Waals surface area contributed by atoms with Crippen LogP contribution in [0.4, 0.5) is 0 Å². The van der Waals surface area contributed by atoms with E-state index in [1.54, 1.807) is 0 Å². The minimum Gasteiger partial charge on any atom is -0.378 e. The molecule has 1 heterocycles. The Balaban J connectivity index is 2.29. The lowest BCUT2D eigenvalue weighted by molar-refractivity contribution is -0.122. The molecule has 3 N–H and O–H groups in total. The van der Waals surface area contributed by atoms with Gasteiger partial charge in [0.2, 0.25) is 5.91 Å². The molecule has 0 spiro atoms. The van der Waals surface area contributed by atoms with E-state index in [0.29, 0.717) is 13.0 Å². The molecule has 1 fully saturated rings. The molecule has 0 saturated carbocycles. The highest BCUT2D eigenvalue weighted by Crippen LogP contribution is 2.21. The number of rotatable bonds is 7. The van der Waals surface area contributed by atoms with E-state index in [2.05, 4.69) is 19.2 Å². The Bertz CT molecular complexity index is 274. The zero-order valence-electron chi connectivity index (χ0n) is 12.5. The van der Waals surface area contributed by atoms with Crippen molar-refractivity contribution in [3.8, 4) is 0 Å². The van der Waals surface area contributed by atoms with Crippen molar-refractivity contribution in [1.82, 2.24) is 5.32 Å². The quantitative estimate of drug-likeness (QED) is 0.730. The summed E-state index contributed by atoms with van der Waals surface area (Å²) in [5.74, 6) is -0.314. The van der Waals surface area contributed by atoms with E-state index in [9.17, 15) is 4.79 Å². The first-order chi connectivity index (χ1) is 8.88. The van der Waals surface area contributed by atoms with Crippen LogP contribution < -0.4 is 11.1 Å². The highest BCUT2D eigenvalue weighted by molar-refractivity contribution is 5.79. The van der Waals surface area contributed by atoms with Gasteiger partial charge in [-0.05, 0) is 33.1 Å². The van der Waals surface area contributed by atoms with Gasteiger partial charge in [-0.25, -0.2) is 0 Å². The second kappa shape index (κ2) is 7.82. The molecule has 1 amide bonds. The number of nitrogens with two attached hydrogens (primary N) is 1. The van der Waals surface area contributed by atoms with Gasteiger partial charge in [-0.2, -0.15) is 0 Å². The van der Waals surface area contributed by atoms with Crippen molar-refractivity contribution in [3.05, 3.63) is 0 Å². The number of hydrogen-bond acceptors (Lipinski definition) is 4. The Morgan fingerprint density at radius 3 is 2.42 bits per heavy atom. The van der Waals surface area contributed by atoms with Crippen molar-refractivity contribution in [2.75, 3.05) is 6.61 Å². The minimum atomic E-state index is -0.314. The molecular formula is C14H28N2O3. The van der Waals surface area contributed by atoms with Crippen molar-refractivity contribution < 1.29 is 14.3 Å². The van der Waals surface area contributed by atoms with Crippen LogP contribution in [0.25, 0.3) is 0 Å². The second-order valence-corrected chi connectivity index (χ2v) is 5.79. The number of carbonyl (C=O) groups excluding carboxylic acids is 1. The van der Waals surface area contributed by atoms with E-state index < -0.39 is 0 Å². The van der Waals surface area contributed by atoms with Gasteiger partial charge in [0.25, 0.3) is 0 Å². The van der Waals surface area contributed by atoms with E-state index in [1.807, 2.05) is 13.8 Å². The molecule has 1 aliphatic rings. The first-order valence-corrected chi connectivity index (χ1v) is 7.21. The molecule has 3 atom stereocenters. The van der Waals surface area contributed by atoms with Crippen LogP contribution >= 0.6 is 0 Å². The monoisotopic (exact) mass is 272 g/mol. The normalized spacial score (nSPS) is 29.4. The summed E-state index contributed by atoms with van der Waals surface area (Å²) in [6, 6.07) is -0.0738. The predicted octanol–water partition coefficient (Wildman–Crippen LogP) is 1.20. The minimum absolute atomic E-state index is 0.228. The smallest absolute Gasteiger partial charge is 0.234 e. The molecule has 1 saturated heterocycles. The van der Waals surface area contributed by atoms with Crippen LogP contribution in [0.15, 0.2) is 0 Å². The number of hydrogen-bond donors (Lipinski definition) is 2. The van der Waals surface area contributed by atoms with Gasteiger partial charge < -0.3 is 20.5 Å². The molecule has 0 aliphatic carbocycles. The first kappa shape index (κ1) is 16.4. The molecule has 1 rings (SSSR count). The van der Waals surface area contributed by atoms with Crippen LogP contribution in [0.5, 0.6) is 0 Å². The molecular weight excluding hydrogens is 244 g/mol. The number of ether oxygens (including phenoxy) is 2. The lowest BCUT2D eigenvalue weighted by Crippen LogP contribution is -2.45. The molecule has 0 aromatic carbocycles. The number of primary amides is 1. The largest absolute Gasteiger partial charge is 0.378 e. The van der Waals surface area contributed by atoms with Gasteiger partial charge in [0, 0.05) is 12.6 Å². The first-order valence-electron chi connectivity index (χ1n) is 7.21. The second-order valence-electron chi connectivity index (χ2n) is 5.79. The van der Waals surface area contributed by atoms with Crippen molar-refractivity contribution in [2.24, 2.45) is 5.73 Å². The van der Waals surface area contributed by atoms with Crippen molar-refractivity contribution in [1.29, 1.82) is 0 Å². The van der Waals surface area contributed by atoms with Gasteiger partial charge in [0.1, 0.15) is 0 Å². The van der Waals surface area contributed by atoms with E-state index in [4.69, 9.17) is 15.2 Å². The van der Waals surface area contributed by atoms with Crippen LogP contribution in [-0.4, -0.2) is 42.9 Å². The van der Waals surface area contributed by atoms with Crippen LogP contribution in [0, 0.1) is 0 Å². The third-order valence-corrected chi connectivity index (χ3v) is 3.29. The molecule has 1 aliphatic heterocycles. The van der Waals surface area contributed by atoms with Crippen molar-refractivity contribution in [3.63, 3.8) is 0 Å². The highest BCUT2D eigenvalue weighted by atomic mass is 16.5. The summed E-state index contributed by atoms with van der Waals surface area (Å²) in [5, 5.41) is 3.16. The third kappa shape index (κ3) is 6.36. The number of amides is 1. The van der Waals surface area contributed by atoms with Gasteiger partial charge in [-0.1, -0.05) is 13.8 Å². The van der Waals surface area contributed by atoms with Gasteiger partial charge in [-0.3, -0.25) is 4.79 Å². The summed E-state index contributed by atoms with van der Waals surface area (Å²) < 4.78 is 11.5. The maximum absolute atomic E-state index is 11.3. The molecule has 0 radical (unpaired) electrons. The number of nitrogens with one attached hydrogen (secondary N) is 1. The fraction of sp³-hybridized carbons (Fsp3) is 0.929. The summed E-state index contributed by atoms with van der Waals surface area (Å²) >= 11 is 0. The van der Waals surface area contributed by atoms with Crippen LogP contribution in [0.1, 0.15) is 47.0 Å². The summed E-state index contributed by atoms with van der Waals surface area (Å²) in [4.78, 5) is 11.3. The number of carbonyl (C=O) groups is 1. The lowest BCUT2D eigenvalue weighted by Gasteiger charge is -2.32. The summed E-state index contributed by atoms with van der Waals surface area (Å²) in [6.07, 6.45) is 3.18. The highest BCUT2D eigenvalue weighted by Gasteiger charge is 2.25. The zero-order valence-corrected chi connectivity index (χ0v) is 12.5. The summed E-state index contributed by atoms with van der Waals surface area (Å²) in [7, 11) is 0. The van der Waals surface area contributed by atoms with Gasteiger partial charge in [0.15, 0.2) is 0 Å². The molecule has 3 unspecified atom stereocenters. The SMILES string of the molecule is CC(C)NC(CCOC1CC(C)OC(C)C1)C(N)=O. The Hall–Kier alpha value is -0.650. The Labute approximate surface area is 116 Å². The van der Waals surface area contributed by atoms with E-state index in [-0.39, 0.29) is 36.3 Å². The summed E-state index contributed by atoms with van der Waals surface area (Å²) in [5.41, 5.74) is 5.37. The van der Waals surface area contributed by atoms with Gasteiger partial charge in [-0.15, -0.1) is 0 Å². The molecule has 0 aromatic heterocycles. The summed E-state index contributed by atoms with van der Waals surface area (Å²) in [6.45, 7) is 8.69. The van der Waals surface area contributed by atoms with Crippen LogP contribution in [-0.2, 0) is 14.3 Å². The Morgan fingerprint density at radius 1 is 1.37 bits per heavy atom. The average molecular weight is 272 g/mol. The van der Waals surface area contributed by atoms with Gasteiger partial charge in [0.05, 0.1) is 24.4 Å². The van der Waals surface area contributed by atoms with Crippen molar-refractivity contribution in [2.45, 2.75) is 77.4 Å². The van der Waals surface area contributed by atoms with E-state index >= 15 is 0 Å². The fourth-order valence-electron chi connectivity index (χ4n) is 2.54. The van der Waals surface area contributed by atoms with Crippen LogP contribution in [0.3, 0.4) is 0 Å². The molecule has 19 heavy (non-hydrogen) atoms.